The first-order valence-corrected chi connectivity index (χ1v) is 7.45. The number of hydrogen-bond acceptors (Lipinski definition) is 6. The Hall–Kier alpha value is -3.02. The van der Waals surface area contributed by atoms with Gasteiger partial charge in [-0.1, -0.05) is 6.58 Å². The highest BCUT2D eigenvalue weighted by atomic mass is 16.5. The van der Waals surface area contributed by atoms with Crippen molar-refractivity contribution in [2.24, 2.45) is 0 Å². The summed E-state index contributed by atoms with van der Waals surface area (Å²) in [6.07, 6.45) is 0. The third kappa shape index (κ3) is 3.28. The minimum Gasteiger partial charge on any atom is -0.504 e. The Morgan fingerprint density at radius 2 is 1.28 bits per heavy atom. The van der Waals surface area contributed by atoms with Crippen LogP contribution in [0.4, 0.5) is 0 Å². The predicted molar refractivity (Wildman–Crippen MR) is 95.4 cm³/mol. The van der Waals surface area contributed by atoms with Gasteiger partial charge in [0.25, 0.3) is 0 Å². The van der Waals surface area contributed by atoms with Crippen molar-refractivity contribution in [2.45, 2.75) is 0 Å². The fourth-order valence-corrected chi connectivity index (χ4v) is 2.56. The molecule has 0 saturated carbocycles. The summed E-state index contributed by atoms with van der Waals surface area (Å²) in [4.78, 5) is 0. The van der Waals surface area contributed by atoms with Gasteiger partial charge < -0.3 is 28.8 Å². The van der Waals surface area contributed by atoms with Gasteiger partial charge in [-0.3, -0.25) is 0 Å². The maximum absolute atomic E-state index is 10.5. The number of benzene rings is 2. The monoisotopic (exact) mass is 346 g/mol. The molecule has 0 saturated heterocycles. The molecule has 2 rings (SSSR count). The Kier molecular flexibility index (Phi) is 5.64. The van der Waals surface area contributed by atoms with Gasteiger partial charge in [-0.2, -0.15) is 0 Å². The molecule has 0 fully saturated rings. The van der Waals surface area contributed by atoms with Crippen molar-refractivity contribution in [3.63, 3.8) is 0 Å². The standard InChI is InChI=1S/C19H22O6/c1-11(13-7-8-14(21-2)19(25-6)17(13)20)12-9-15(22-3)18(24-5)16(10-12)23-4/h7-10,20H,1H2,2-6H3. The van der Waals surface area contributed by atoms with Gasteiger partial charge in [-0.25, -0.2) is 0 Å². The van der Waals surface area contributed by atoms with Crippen molar-refractivity contribution < 1.29 is 28.8 Å². The lowest BCUT2D eigenvalue weighted by molar-refractivity contribution is 0.324. The molecule has 25 heavy (non-hydrogen) atoms. The van der Waals surface area contributed by atoms with Crippen molar-refractivity contribution in [2.75, 3.05) is 35.5 Å². The molecule has 0 aliphatic rings. The summed E-state index contributed by atoms with van der Waals surface area (Å²) in [5.41, 5.74) is 1.78. The van der Waals surface area contributed by atoms with E-state index in [4.69, 9.17) is 23.7 Å². The van der Waals surface area contributed by atoms with Crippen molar-refractivity contribution in [3.05, 3.63) is 42.0 Å². The van der Waals surface area contributed by atoms with E-state index in [1.807, 2.05) is 0 Å². The van der Waals surface area contributed by atoms with Crippen LogP contribution in [-0.4, -0.2) is 40.7 Å². The number of methoxy groups -OCH3 is 5. The van der Waals surface area contributed by atoms with Crippen LogP contribution in [0.2, 0.25) is 0 Å². The highest BCUT2D eigenvalue weighted by Gasteiger charge is 2.20. The van der Waals surface area contributed by atoms with Crippen LogP contribution in [0.25, 0.3) is 5.57 Å². The summed E-state index contributed by atoms with van der Waals surface area (Å²) < 4.78 is 26.5. The molecule has 2 aromatic carbocycles. The highest BCUT2D eigenvalue weighted by molar-refractivity contribution is 5.85. The Labute approximate surface area is 147 Å². The minimum atomic E-state index is -0.0550. The lowest BCUT2D eigenvalue weighted by atomic mass is 9.97. The first-order chi connectivity index (χ1) is 12.0. The van der Waals surface area contributed by atoms with Crippen molar-refractivity contribution in [1.82, 2.24) is 0 Å². The second-order valence-electron chi connectivity index (χ2n) is 5.09. The summed E-state index contributed by atoms with van der Waals surface area (Å²) in [6.45, 7) is 4.08. The van der Waals surface area contributed by atoms with Gasteiger partial charge in [0.1, 0.15) is 0 Å². The molecule has 0 spiro atoms. The quantitative estimate of drug-likeness (QED) is 0.828. The van der Waals surface area contributed by atoms with Crippen LogP contribution in [-0.2, 0) is 0 Å². The van der Waals surface area contributed by atoms with Gasteiger partial charge in [-0.15, -0.1) is 0 Å². The van der Waals surface area contributed by atoms with Crippen LogP contribution in [0, 0.1) is 0 Å². The zero-order chi connectivity index (χ0) is 18.6. The maximum Gasteiger partial charge on any atom is 0.203 e. The molecule has 0 aliphatic heterocycles. The molecule has 0 aromatic heterocycles. The molecule has 1 N–H and O–H groups in total. The molecule has 0 heterocycles. The summed E-state index contributed by atoms with van der Waals surface area (Å²) in [7, 11) is 7.58. The van der Waals surface area contributed by atoms with Crippen LogP contribution in [0.1, 0.15) is 11.1 Å². The van der Waals surface area contributed by atoms with E-state index in [-0.39, 0.29) is 11.5 Å². The predicted octanol–water partition coefficient (Wildman–Crippen LogP) is 3.50. The second kappa shape index (κ2) is 7.70. The van der Waals surface area contributed by atoms with Crippen LogP contribution in [0.15, 0.2) is 30.8 Å². The van der Waals surface area contributed by atoms with Crippen LogP contribution < -0.4 is 23.7 Å². The molecule has 0 radical (unpaired) electrons. The third-order valence-corrected chi connectivity index (χ3v) is 3.86. The van der Waals surface area contributed by atoms with E-state index in [9.17, 15) is 5.11 Å². The highest BCUT2D eigenvalue weighted by Crippen LogP contribution is 2.45. The topological polar surface area (TPSA) is 66.4 Å². The SMILES string of the molecule is C=C(c1cc(OC)c(OC)c(OC)c1)c1ccc(OC)c(OC)c1O. The van der Waals surface area contributed by atoms with Gasteiger partial charge in [0, 0.05) is 5.56 Å². The van der Waals surface area contributed by atoms with Crippen LogP contribution in [0.5, 0.6) is 34.5 Å². The van der Waals surface area contributed by atoms with E-state index < -0.39 is 0 Å². The number of phenols is 1. The lowest BCUT2D eigenvalue weighted by Gasteiger charge is -2.17. The van der Waals surface area contributed by atoms with E-state index in [0.29, 0.717) is 39.7 Å². The molecule has 0 bridgehead atoms. The minimum absolute atomic E-state index is 0.0550. The van der Waals surface area contributed by atoms with E-state index >= 15 is 0 Å². The fraction of sp³-hybridized carbons (Fsp3) is 0.263. The Bertz CT molecular complexity index is 757. The smallest absolute Gasteiger partial charge is 0.203 e. The molecule has 0 unspecified atom stereocenters. The Morgan fingerprint density at radius 1 is 0.760 bits per heavy atom. The summed E-state index contributed by atoms with van der Waals surface area (Å²) in [5.74, 6) is 2.10. The second-order valence-corrected chi connectivity index (χ2v) is 5.09. The normalized spacial score (nSPS) is 10.1. The van der Waals surface area contributed by atoms with Crippen LogP contribution in [0.3, 0.4) is 0 Å². The summed E-state index contributed by atoms with van der Waals surface area (Å²) in [6, 6.07) is 6.94. The molecule has 6 heteroatoms. The zero-order valence-corrected chi connectivity index (χ0v) is 15.0. The number of rotatable bonds is 7. The first-order valence-electron chi connectivity index (χ1n) is 7.45. The first kappa shape index (κ1) is 18.3. The Balaban J connectivity index is 2.58. The van der Waals surface area contributed by atoms with Crippen molar-refractivity contribution in [3.8, 4) is 34.5 Å². The average Bonchev–Trinajstić information content (AvgIpc) is 2.65. The number of aromatic hydroxyl groups is 1. The average molecular weight is 346 g/mol. The third-order valence-electron chi connectivity index (χ3n) is 3.86. The van der Waals surface area contributed by atoms with Gasteiger partial charge in [0.15, 0.2) is 23.0 Å². The van der Waals surface area contributed by atoms with Gasteiger partial charge in [0.05, 0.1) is 35.5 Å². The van der Waals surface area contributed by atoms with Gasteiger partial charge in [0.2, 0.25) is 11.5 Å². The number of phenolic OH excluding ortho intramolecular Hbond substituents is 1. The van der Waals surface area contributed by atoms with Crippen molar-refractivity contribution in [1.29, 1.82) is 0 Å². The number of hydrogen-bond donors (Lipinski definition) is 1. The fourth-order valence-electron chi connectivity index (χ4n) is 2.56. The van der Waals surface area contributed by atoms with E-state index in [2.05, 4.69) is 6.58 Å². The number of ether oxygens (including phenoxy) is 5. The molecule has 6 nitrogen and oxygen atoms in total. The molecule has 134 valence electrons. The molecule has 0 atom stereocenters. The van der Waals surface area contributed by atoms with E-state index in [0.717, 1.165) is 0 Å². The molecular formula is C19H22O6. The van der Waals surface area contributed by atoms with E-state index in [1.165, 1.54) is 35.5 Å². The Morgan fingerprint density at radius 3 is 1.72 bits per heavy atom. The zero-order valence-electron chi connectivity index (χ0n) is 15.0. The van der Waals surface area contributed by atoms with Gasteiger partial charge in [-0.05, 0) is 35.4 Å². The summed E-state index contributed by atoms with van der Waals surface area (Å²) in [5, 5.41) is 10.5. The lowest BCUT2D eigenvalue weighted by Crippen LogP contribution is -1.98. The maximum atomic E-state index is 10.5. The van der Waals surface area contributed by atoms with Crippen LogP contribution >= 0.6 is 0 Å². The van der Waals surface area contributed by atoms with Gasteiger partial charge >= 0.3 is 0 Å². The summed E-state index contributed by atoms with van der Waals surface area (Å²) >= 11 is 0. The molecule has 2 aromatic rings. The molecule has 0 aliphatic carbocycles. The van der Waals surface area contributed by atoms with Crippen molar-refractivity contribution >= 4 is 5.57 Å². The largest absolute Gasteiger partial charge is 0.504 e. The molecule has 0 amide bonds. The van der Waals surface area contributed by atoms with E-state index in [1.54, 1.807) is 24.3 Å². The molecular weight excluding hydrogens is 324 g/mol.